The summed E-state index contributed by atoms with van der Waals surface area (Å²) < 4.78 is 1.44. The lowest BCUT2D eigenvalue weighted by atomic mass is 10.2. The number of nitrogens with one attached hydrogen (secondary N) is 1. The van der Waals surface area contributed by atoms with Gasteiger partial charge in [0.2, 0.25) is 5.82 Å². The zero-order chi connectivity index (χ0) is 14.7. The van der Waals surface area contributed by atoms with Crippen molar-refractivity contribution < 1.29 is 10.0 Å². The van der Waals surface area contributed by atoms with Gasteiger partial charge in [0.05, 0.1) is 11.0 Å². The van der Waals surface area contributed by atoms with Crippen LogP contribution in [0.5, 0.6) is 0 Å². The Hall–Kier alpha value is -1.93. The highest BCUT2D eigenvalue weighted by Crippen LogP contribution is 2.29. The summed E-state index contributed by atoms with van der Waals surface area (Å²) in [5, 5.41) is 31.9. The second-order valence-electron chi connectivity index (χ2n) is 4.33. The van der Waals surface area contributed by atoms with Crippen molar-refractivity contribution in [2.75, 3.05) is 11.9 Å². The second kappa shape index (κ2) is 6.02. The fourth-order valence-electron chi connectivity index (χ4n) is 1.97. The predicted octanol–water partition coefficient (Wildman–Crippen LogP) is 2.10. The number of nitrogens with zero attached hydrogens (tertiary/aromatic N) is 3. The van der Waals surface area contributed by atoms with E-state index in [1.807, 2.05) is 23.8 Å². The molecule has 2 aromatic heterocycles. The topological polar surface area (TPSA) is 93.2 Å². The first kappa shape index (κ1) is 14.5. The quantitative estimate of drug-likeness (QED) is 0.629. The van der Waals surface area contributed by atoms with Crippen LogP contribution >= 0.6 is 11.3 Å². The summed E-state index contributed by atoms with van der Waals surface area (Å²) in [5.74, 6) is 0.320. The molecule has 0 saturated heterocycles. The molecular formula is C12H16N4O3S. The summed E-state index contributed by atoms with van der Waals surface area (Å²) in [6.45, 7) is 2.01. The molecule has 0 aliphatic heterocycles. The first-order chi connectivity index (χ1) is 9.54. The summed E-state index contributed by atoms with van der Waals surface area (Å²) in [6.07, 6.45) is -0.223. The molecule has 2 aromatic rings. The van der Waals surface area contributed by atoms with Crippen LogP contribution in [0, 0.1) is 10.1 Å². The highest BCUT2D eigenvalue weighted by atomic mass is 32.1. The van der Waals surface area contributed by atoms with E-state index in [1.54, 1.807) is 7.05 Å². The summed E-state index contributed by atoms with van der Waals surface area (Å²) in [6, 6.07) is 1.83. The van der Waals surface area contributed by atoms with Gasteiger partial charge >= 0.3 is 5.69 Å². The highest BCUT2D eigenvalue weighted by Gasteiger charge is 2.25. The first-order valence-corrected chi connectivity index (χ1v) is 7.13. The monoisotopic (exact) mass is 296 g/mol. The lowest BCUT2D eigenvalue weighted by molar-refractivity contribution is -0.384. The lowest BCUT2D eigenvalue weighted by Gasteiger charge is -2.11. The molecule has 0 radical (unpaired) electrons. The van der Waals surface area contributed by atoms with Crippen molar-refractivity contribution in [1.82, 2.24) is 9.78 Å². The average Bonchev–Trinajstić information content (AvgIpc) is 3.03. The molecule has 108 valence electrons. The molecule has 0 aromatic carbocycles. The maximum atomic E-state index is 11.1. The standard InChI is InChI=1S/C12H16N4O3S/c1-3-9-11(16(18)19)12(15(2)14-9)13-6-10(17)8-4-5-20-7-8/h4-5,7,10,13,17H,3,6H2,1-2H3. The summed E-state index contributed by atoms with van der Waals surface area (Å²) in [5.41, 5.74) is 1.21. The van der Waals surface area contributed by atoms with Gasteiger partial charge < -0.3 is 10.4 Å². The predicted molar refractivity (Wildman–Crippen MR) is 77.0 cm³/mol. The number of hydrogen-bond donors (Lipinski definition) is 2. The number of hydrogen-bond acceptors (Lipinski definition) is 6. The minimum absolute atomic E-state index is 0.0208. The van der Waals surface area contributed by atoms with Gasteiger partial charge in [0, 0.05) is 13.6 Å². The highest BCUT2D eigenvalue weighted by molar-refractivity contribution is 7.07. The van der Waals surface area contributed by atoms with Crippen molar-refractivity contribution in [3.8, 4) is 0 Å². The van der Waals surface area contributed by atoms with Crippen LogP contribution in [0.3, 0.4) is 0 Å². The van der Waals surface area contributed by atoms with E-state index in [0.29, 0.717) is 17.9 Å². The van der Waals surface area contributed by atoms with E-state index in [1.165, 1.54) is 16.0 Å². The zero-order valence-electron chi connectivity index (χ0n) is 11.2. The molecule has 0 spiro atoms. The Morgan fingerprint density at radius 2 is 2.40 bits per heavy atom. The van der Waals surface area contributed by atoms with Crippen LogP contribution in [0.25, 0.3) is 0 Å². The summed E-state index contributed by atoms with van der Waals surface area (Å²) >= 11 is 1.49. The Morgan fingerprint density at radius 1 is 1.65 bits per heavy atom. The van der Waals surface area contributed by atoms with Crippen LogP contribution in [-0.2, 0) is 13.5 Å². The van der Waals surface area contributed by atoms with E-state index in [9.17, 15) is 15.2 Å². The Bertz CT molecular complexity index is 594. The average molecular weight is 296 g/mol. The molecule has 2 heterocycles. The second-order valence-corrected chi connectivity index (χ2v) is 5.11. The van der Waals surface area contributed by atoms with Crippen molar-refractivity contribution in [1.29, 1.82) is 0 Å². The normalized spacial score (nSPS) is 12.3. The number of aryl methyl sites for hydroxylation is 2. The van der Waals surface area contributed by atoms with Crippen LogP contribution < -0.4 is 5.32 Å². The van der Waals surface area contributed by atoms with Crippen molar-refractivity contribution >= 4 is 22.8 Å². The van der Waals surface area contributed by atoms with Gasteiger partial charge in [-0.25, -0.2) is 4.68 Å². The first-order valence-electron chi connectivity index (χ1n) is 6.18. The van der Waals surface area contributed by atoms with E-state index >= 15 is 0 Å². The van der Waals surface area contributed by atoms with Gasteiger partial charge in [-0.3, -0.25) is 10.1 Å². The molecule has 1 unspecified atom stereocenters. The molecule has 0 amide bonds. The van der Waals surface area contributed by atoms with Crippen LogP contribution in [0.15, 0.2) is 16.8 Å². The fraction of sp³-hybridized carbons (Fsp3) is 0.417. The van der Waals surface area contributed by atoms with E-state index in [2.05, 4.69) is 10.4 Å². The minimum Gasteiger partial charge on any atom is -0.387 e. The van der Waals surface area contributed by atoms with E-state index < -0.39 is 11.0 Å². The Balaban J connectivity index is 2.17. The zero-order valence-corrected chi connectivity index (χ0v) is 12.1. The minimum atomic E-state index is -0.708. The molecule has 2 N–H and O–H groups in total. The van der Waals surface area contributed by atoms with Gasteiger partial charge in [-0.15, -0.1) is 0 Å². The molecule has 0 bridgehead atoms. The van der Waals surface area contributed by atoms with Crippen LogP contribution in [0.4, 0.5) is 11.5 Å². The van der Waals surface area contributed by atoms with Gasteiger partial charge in [-0.2, -0.15) is 16.4 Å². The SMILES string of the molecule is CCc1nn(C)c(NCC(O)c2ccsc2)c1[N+](=O)[O-]. The van der Waals surface area contributed by atoms with E-state index in [4.69, 9.17) is 0 Å². The molecule has 0 aliphatic rings. The molecule has 8 heteroatoms. The van der Waals surface area contributed by atoms with Crippen molar-refractivity contribution in [2.45, 2.75) is 19.4 Å². The lowest BCUT2D eigenvalue weighted by Crippen LogP contribution is -2.14. The third kappa shape index (κ3) is 2.81. The molecule has 20 heavy (non-hydrogen) atoms. The Labute approximate surface area is 120 Å². The third-order valence-corrected chi connectivity index (χ3v) is 3.70. The van der Waals surface area contributed by atoms with Gasteiger partial charge in [-0.05, 0) is 28.8 Å². The van der Waals surface area contributed by atoms with Crippen LogP contribution in [0.2, 0.25) is 0 Å². The number of aromatic nitrogens is 2. The number of aliphatic hydroxyl groups is 1. The summed E-state index contributed by atoms with van der Waals surface area (Å²) in [4.78, 5) is 10.7. The molecule has 0 fully saturated rings. The van der Waals surface area contributed by atoms with Gasteiger partial charge in [0.1, 0.15) is 5.69 Å². The van der Waals surface area contributed by atoms with E-state index in [0.717, 1.165) is 5.56 Å². The molecule has 2 rings (SSSR count). The largest absolute Gasteiger partial charge is 0.387 e. The van der Waals surface area contributed by atoms with Crippen molar-refractivity contribution in [3.63, 3.8) is 0 Å². The van der Waals surface area contributed by atoms with Gasteiger partial charge in [0.15, 0.2) is 0 Å². The molecule has 0 saturated carbocycles. The fourth-order valence-corrected chi connectivity index (χ4v) is 2.68. The number of rotatable bonds is 6. The maximum Gasteiger partial charge on any atom is 0.333 e. The van der Waals surface area contributed by atoms with Gasteiger partial charge in [-0.1, -0.05) is 6.92 Å². The third-order valence-electron chi connectivity index (χ3n) is 3.00. The van der Waals surface area contributed by atoms with Crippen molar-refractivity contribution in [3.05, 3.63) is 38.2 Å². The van der Waals surface area contributed by atoms with E-state index in [-0.39, 0.29) is 12.2 Å². The Morgan fingerprint density at radius 3 is 2.95 bits per heavy atom. The number of aliphatic hydroxyl groups excluding tert-OH is 1. The molecule has 0 aliphatic carbocycles. The van der Waals surface area contributed by atoms with Crippen LogP contribution in [0.1, 0.15) is 24.3 Å². The molecule has 1 atom stereocenters. The maximum absolute atomic E-state index is 11.1. The van der Waals surface area contributed by atoms with Crippen molar-refractivity contribution in [2.24, 2.45) is 7.05 Å². The van der Waals surface area contributed by atoms with Crippen LogP contribution in [-0.4, -0.2) is 26.4 Å². The summed E-state index contributed by atoms with van der Waals surface area (Å²) in [7, 11) is 1.64. The van der Waals surface area contributed by atoms with Gasteiger partial charge in [0.25, 0.3) is 0 Å². The smallest absolute Gasteiger partial charge is 0.333 e. The molecular weight excluding hydrogens is 280 g/mol. The number of nitro groups is 1. The number of anilines is 1. The Kier molecular flexibility index (Phi) is 4.35. The molecule has 7 nitrogen and oxygen atoms in total. The number of thiophene rings is 1.